The molecule has 1 heterocycles. The molecule has 1 aliphatic heterocycles. The largest absolute Gasteiger partial charge is 0.496 e. The second-order valence-electron chi connectivity index (χ2n) is 6.97. The van der Waals surface area contributed by atoms with E-state index in [1.54, 1.807) is 7.11 Å². The number of nitrogens with one attached hydrogen (secondary N) is 1. The molecule has 2 aliphatic rings. The molecule has 1 aliphatic carbocycles. The number of carbonyl (C=O) groups excluding carboxylic acids is 1. The van der Waals surface area contributed by atoms with E-state index in [4.69, 9.17) is 15.2 Å². The highest BCUT2D eigenvalue weighted by Gasteiger charge is 2.39. The van der Waals surface area contributed by atoms with Crippen molar-refractivity contribution in [3.05, 3.63) is 29.8 Å². The Labute approximate surface area is 156 Å². The van der Waals surface area contributed by atoms with Gasteiger partial charge in [-0.2, -0.15) is 0 Å². The zero-order valence-corrected chi connectivity index (χ0v) is 15.6. The highest BCUT2D eigenvalue weighted by Crippen LogP contribution is 2.44. The van der Waals surface area contributed by atoms with E-state index >= 15 is 0 Å². The summed E-state index contributed by atoms with van der Waals surface area (Å²) in [6.45, 7) is 1.12. The molecule has 0 aromatic heterocycles. The van der Waals surface area contributed by atoms with E-state index in [0.29, 0.717) is 13.1 Å². The number of carbonyl (C=O) groups is 1. The average molecular weight is 369 g/mol. The molecule has 1 aromatic rings. The van der Waals surface area contributed by atoms with Crippen LogP contribution in [0.15, 0.2) is 24.3 Å². The van der Waals surface area contributed by atoms with Gasteiger partial charge in [-0.3, -0.25) is 4.79 Å². The summed E-state index contributed by atoms with van der Waals surface area (Å²) in [5.74, 6) is 0.904. The zero-order chi connectivity index (χ0) is 17.0. The third-order valence-corrected chi connectivity index (χ3v) is 5.50. The molecule has 5 nitrogen and oxygen atoms in total. The van der Waals surface area contributed by atoms with Gasteiger partial charge in [0.1, 0.15) is 11.9 Å². The Hall–Kier alpha value is -1.30. The smallest absolute Gasteiger partial charge is 0.249 e. The van der Waals surface area contributed by atoms with Crippen LogP contribution in [0.4, 0.5) is 0 Å². The van der Waals surface area contributed by atoms with E-state index in [1.807, 2.05) is 18.2 Å². The quantitative estimate of drug-likeness (QED) is 0.809. The number of hydrogen-bond acceptors (Lipinski definition) is 4. The lowest BCUT2D eigenvalue weighted by atomic mass is 9.78. The minimum absolute atomic E-state index is 0. The molecular formula is C19H29ClN2O3. The third-order valence-electron chi connectivity index (χ3n) is 5.50. The van der Waals surface area contributed by atoms with Crippen molar-refractivity contribution in [3.63, 3.8) is 0 Å². The Kier molecular flexibility index (Phi) is 7.11. The predicted octanol–water partition coefficient (Wildman–Crippen LogP) is 2.55. The van der Waals surface area contributed by atoms with Gasteiger partial charge >= 0.3 is 0 Å². The van der Waals surface area contributed by atoms with Crippen LogP contribution < -0.4 is 15.8 Å². The summed E-state index contributed by atoms with van der Waals surface area (Å²) in [6, 6.07) is 8.17. The van der Waals surface area contributed by atoms with Gasteiger partial charge in [0.25, 0.3) is 0 Å². The van der Waals surface area contributed by atoms with Gasteiger partial charge in [0.2, 0.25) is 5.91 Å². The van der Waals surface area contributed by atoms with E-state index in [0.717, 1.165) is 31.4 Å². The molecular weight excluding hydrogens is 340 g/mol. The fourth-order valence-corrected chi connectivity index (χ4v) is 4.12. The Morgan fingerprint density at radius 3 is 2.68 bits per heavy atom. The van der Waals surface area contributed by atoms with Crippen LogP contribution in [-0.2, 0) is 14.9 Å². The molecule has 2 fully saturated rings. The molecule has 2 atom stereocenters. The summed E-state index contributed by atoms with van der Waals surface area (Å²) < 4.78 is 11.3. The van der Waals surface area contributed by atoms with Gasteiger partial charge in [0, 0.05) is 24.1 Å². The molecule has 6 heteroatoms. The molecule has 0 spiro atoms. The maximum atomic E-state index is 12.5. The monoisotopic (exact) mass is 368 g/mol. The Balaban J connectivity index is 0.00000225. The Morgan fingerprint density at radius 2 is 2.04 bits per heavy atom. The summed E-state index contributed by atoms with van der Waals surface area (Å²) in [7, 11) is 1.71. The Bertz CT molecular complexity index is 576. The first-order valence-electron chi connectivity index (χ1n) is 8.95. The van der Waals surface area contributed by atoms with Gasteiger partial charge in [0.15, 0.2) is 0 Å². The van der Waals surface area contributed by atoms with Gasteiger partial charge < -0.3 is 20.5 Å². The number of rotatable bonds is 6. The first-order valence-corrected chi connectivity index (χ1v) is 8.95. The summed E-state index contributed by atoms with van der Waals surface area (Å²) in [4.78, 5) is 12.5. The van der Waals surface area contributed by atoms with E-state index in [9.17, 15) is 4.79 Å². The van der Waals surface area contributed by atoms with Crippen LogP contribution in [0.25, 0.3) is 0 Å². The van der Waals surface area contributed by atoms with Crippen LogP contribution >= 0.6 is 12.4 Å². The molecule has 0 bridgehead atoms. The maximum absolute atomic E-state index is 12.5. The lowest BCUT2D eigenvalue weighted by Gasteiger charge is -2.31. The number of para-hydroxylation sites is 1. The molecule has 1 amide bonds. The first-order chi connectivity index (χ1) is 11.7. The maximum Gasteiger partial charge on any atom is 0.249 e. The Morgan fingerprint density at radius 1 is 1.32 bits per heavy atom. The van der Waals surface area contributed by atoms with Crippen molar-refractivity contribution in [1.82, 2.24) is 5.32 Å². The van der Waals surface area contributed by atoms with Crippen LogP contribution in [-0.4, -0.2) is 38.3 Å². The van der Waals surface area contributed by atoms with Crippen molar-refractivity contribution in [2.75, 3.05) is 20.2 Å². The summed E-state index contributed by atoms with van der Waals surface area (Å²) in [6.07, 6.45) is 5.81. The molecule has 0 unspecified atom stereocenters. The normalized spacial score (nSPS) is 24.6. The van der Waals surface area contributed by atoms with Crippen LogP contribution in [0.3, 0.4) is 0 Å². The standard InChI is InChI=1S/C19H28N2O3.ClH/c1-23-16-7-3-2-6-15(16)19(10-4-5-11-19)13-21-18(22)17-9-8-14(12-20)24-17;/h2-3,6-7,14,17H,4-5,8-13,20H2,1H3,(H,21,22);1H/t14-,17+;/m1./s1. The number of benzene rings is 1. The summed E-state index contributed by atoms with van der Waals surface area (Å²) in [5.41, 5.74) is 6.80. The average Bonchev–Trinajstić information content (AvgIpc) is 3.29. The second-order valence-corrected chi connectivity index (χ2v) is 6.97. The van der Waals surface area contributed by atoms with Gasteiger partial charge in [0.05, 0.1) is 13.2 Å². The minimum atomic E-state index is -0.352. The zero-order valence-electron chi connectivity index (χ0n) is 14.8. The fourth-order valence-electron chi connectivity index (χ4n) is 4.12. The third kappa shape index (κ3) is 4.27. The number of methoxy groups -OCH3 is 1. The van der Waals surface area contributed by atoms with Crippen molar-refractivity contribution in [2.45, 2.75) is 56.1 Å². The van der Waals surface area contributed by atoms with Crippen LogP contribution in [0.2, 0.25) is 0 Å². The molecule has 25 heavy (non-hydrogen) atoms. The molecule has 140 valence electrons. The van der Waals surface area contributed by atoms with E-state index in [1.165, 1.54) is 18.4 Å². The van der Waals surface area contributed by atoms with Crippen LogP contribution in [0.1, 0.15) is 44.1 Å². The highest BCUT2D eigenvalue weighted by molar-refractivity contribution is 5.85. The molecule has 0 radical (unpaired) electrons. The molecule has 3 N–H and O–H groups in total. The molecule has 1 aromatic carbocycles. The fraction of sp³-hybridized carbons (Fsp3) is 0.632. The minimum Gasteiger partial charge on any atom is -0.496 e. The van der Waals surface area contributed by atoms with Crippen molar-refractivity contribution in [3.8, 4) is 5.75 Å². The van der Waals surface area contributed by atoms with Crippen molar-refractivity contribution in [2.24, 2.45) is 5.73 Å². The predicted molar refractivity (Wildman–Crippen MR) is 100 cm³/mol. The number of nitrogens with two attached hydrogens (primary N) is 1. The number of ether oxygens (including phenoxy) is 2. The lowest BCUT2D eigenvalue weighted by Crippen LogP contribution is -2.43. The van der Waals surface area contributed by atoms with Gasteiger partial charge in [-0.25, -0.2) is 0 Å². The number of amides is 1. The van der Waals surface area contributed by atoms with Crippen LogP contribution in [0, 0.1) is 0 Å². The van der Waals surface area contributed by atoms with Crippen LogP contribution in [0.5, 0.6) is 5.75 Å². The summed E-state index contributed by atoms with van der Waals surface area (Å²) >= 11 is 0. The summed E-state index contributed by atoms with van der Waals surface area (Å²) in [5, 5.41) is 3.14. The van der Waals surface area contributed by atoms with Gasteiger partial charge in [-0.1, -0.05) is 31.0 Å². The highest BCUT2D eigenvalue weighted by atomic mass is 35.5. The van der Waals surface area contributed by atoms with Crippen molar-refractivity contribution < 1.29 is 14.3 Å². The second kappa shape index (κ2) is 8.88. The molecule has 1 saturated heterocycles. The first kappa shape index (κ1) is 20.0. The van der Waals surface area contributed by atoms with E-state index < -0.39 is 0 Å². The topological polar surface area (TPSA) is 73.6 Å². The van der Waals surface area contributed by atoms with Gasteiger partial charge in [-0.05, 0) is 31.7 Å². The van der Waals surface area contributed by atoms with E-state index in [2.05, 4.69) is 11.4 Å². The van der Waals surface area contributed by atoms with Crippen molar-refractivity contribution in [1.29, 1.82) is 0 Å². The van der Waals surface area contributed by atoms with E-state index in [-0.39, 0.29) is 35.9 Å². The number of hydrogen-bond donors (Lipinski definition) is 2. The van der Waals surface area contributed by atoms with Crippen molar-refractivity contribution >= 4 is 18.3 Å². The molecule has 3 rings (SSSR count). The lowest BCUT2D eigenvalue weighted by molar-refractivity contribution is -0.132. The number of halogens is 1. The van der Waals surface area contributed by atoms with Gasteiger partial charge in [-0.15, -0.1) is 12.4 Å². The SMILES string of the molecule is COc1ccccc1C1(CNC(=O)[C@@H]2CC[C@H](CN)O2)CCCC1.Cl. The molecule has 1 saturated carbocycles.